The van der Waals surface area contributed by atoms with Crippen molar-refractivity contribution in [3.05, 3.63) is 58.9 Å². The van der Waals surface area contributed by atoms with Gasteiger partial charge in [-0.1, -0.05) is 24.3 Å². The Morgan fingerprint density at radius 1 is 0.933 bits per heavy atom. The van der Waals surface area contributed by atoms with E-state index < -0.39 is 0 Å². The second-order valence-corrected chi connectivity index (χ2v) is 8.12. The number of anilines is 2. The lowest BCUT2D eigenvalue weighted by molar-refractivity contribution is 0.123. The van der Waals surface area contributed by atoms with Gasteiger partial charge in [0.1, 0.15) is 0 Å². The van der Waals surface area contributed by atoms with Crippen LogP contribution in [0.1, 0.15) is 12.8 Å². The normalized spacial score (nSPS) is 18.2. The van der Waals surface area contributed by atoms with E-state index in [1.54, 1.807) is 0 Å². The van der Waals surface area contributed by atoms with Gasteiger partial charge < -0.3 is 24.6 Å². The SMILES string of the molecule is O=c1[nH]c(-c2ccccc2N2CCOCC2)cc2ccc(N3CCC(O)CC3)cc12. The first-order chi connectivity index (χ1) is 14.7. The van der Waals surface area contributed by atoms with E-state index >= 15 is 0 Å². The van der Waals surface area contributed by atoms with Crippen LogP contribution in [0.3, 0.4) is 0 Å². The third-order valence-electron chi connectivity index (χ3n) is 6.21. The van der Waals surface area contributed by atoms with Crippen molar-refractivity contribution in [1.29, 1.82) is 0 Å². The molecular formula is C24H27N3O3. The van der Waals surface area contributed by atoms with Crippen LogP contribution in [-0.4, -0.2) is 55.6 Å². The van der Waals surface area contributed by atoms with Crippen LogP contribution < -0.4 is 15.4 Å². The lowest BCUT2D eigenvalue weighted by Crippen LogP contribution is -2.36. The first-order valence-electron chi connectivity index (χ1n) is 10.7. The number of benzene rings is 2. The van der Waals surface area contributed by atoms with E-state index in [9.17, 15) is 9.90 Å². The highest BCUT2D eigenvalue weighted by Gasteiger charge is 2.19. The molecule has 2 saturated heterocycles. The number of hydrogen-bond acceptors (Lipinski definition) is 5. The molecule has 0 amide bonds. The zero-order valence-corrected chi connectivity index (χ0v) is 17.0. The summed E-state index contributed by atoms with van der Waals surface area (Å²) in [4.78, 5) is 20.7. The molecule has 1 aromatic heterocycles. The van der Waals surface area contributed by atoms with Crippen LogP contribution in [0.25, 0.3) is 22.0 Å². The number of rotatable bonds is 3. The number of hydrogen-bond donors (Lipinski definition) is 2. The van der Waals surface area contributed by atoms with E-state index in [4.69, 9.17) is 4.74 Å². The molecule has 156 valence electrons. The molecule has 2 aromatic carbocycles. The third kappa shape index (κ3) is 3.68. The number of aromatic amines is 1. The molecule has 0 unspecified atom stereocenters. The van der Waals surface area contributed by atoms with Crippen molar-refractivity contribution < 1.29 is 9.84 Å². The maximum atomic E-state index is 13.0. The lowest BCUT2D eigenvalue weighted by atomic mass is 10.0. The second kappa shape index (κ2) is 8.13. The Bertz CT molecular complexity index is 1100. The fourth-order valence-corrected chi connectivity index (χ4v) is 4.50. The van der Waals surface area contributed by atoms with E-state index in [1.807, 2.05) is 24.3 Å². The number of fused-ring (bicyclic) bond motifs is 1. The van der Waals surface area contributed by atoms with E-state index in [1.165, 1.54) is 0 Å². The Morgan fingerprint density at radius 2 is 1.70 bits per heavy atom. The van der Waals surface area contributed by atoms with E-state index in [2.05, 4.69) is 39.0 Å². The molecule has 3 heterocycles. The second-order valence-electron chi connectivity index (χ2n) is 8.12. The van der Waals surface area contributed by atoms with Crippen molar-refractivity contribution in [2.45, 2.75) is 18.9 Å². The number of aliphatic hydroxyl groups excluding tert-OH is 1. The highest BCUT2D eigenvalue weighted by Crippen LogP contribution is 2.31. The van der Waals surface area contributed by atoms with Crippen LogP contribution in [0, 0.1) is 0 Å². The molecule has 2 aliphatic rings. The highest BCUT2D eigenvalue weighted by molar-refractivity contribution is 5.89. The van der Waals surface area contributed by atoms with Gasteiger partial charge in [-0.25, -0.2) is 0 Å². The van der Waals surface area contributed by atoms with Gasteiger partial charge in [0.2, 0.25) is 0 Å². The maximum absolute atomic E-state index is 13.0. The van der Waals surface area contributed by atoms with Crippen molar-refractivity contribution in [2.24, 2.45) is 0 Å². The number of nitrogens with one attached hydrogen (secondary N) is 1. The number of nitrogens with zero attached hydrogens (tertiary/aromatic N) is 2. The Balaban J connectivity index is 1.51. The van der Waals surface area contributed by atoms with Gasteiger partial charge in [0.15, 0.2) is 0 Å². The van der Waals surface area contributed by atoms with Crippen LogP contribution in [0.5, 0.6) is 0 Å². The quantitative estimate of drug-likeness (QED) is 0.701. The van der Waals surface area contributed by atoms with Crippen LogP contribution >= 0.6 is 0 Å². The number of ether oxygens (including phenoxy) is 1. The van der Waals surface area contributed by atoms with Crippen LogP contribution in [-0.2, 0) is 4.74 Å². The summed E-state index contributed by atoms with van der Waals surface area (Å²) in [5, 5.41) is 11.4. The smallest absolute Gasteiger partial charge is 0.256 e. The molecule has 2 fully saturated rings. The fourth-order valence-electron chi connectivity index (χ4n) is 4.50. The number of aliphatic hydroxyl groups is 1. The molecule has 0 bridgehead atoms. The van der Waals surface area contributed by atoms with Gasteiger partial charge in [0, 0.05) is 48.5 Å². The molecule has 0 atom stereocenters. The van der Waals surface area contributed by atoms with Crippen molar-refractivity contribution >= 4 is 22.1 Å². The molecule has 0 aliphatic carbocycles. The average Bonchev–Trinajstić information content (AvgIpc) is 2.80. The predicted octanol–water partition coefficient (Wildman–Crippen LogP) is 2.99. The van der Waals surface area contributed by atoms with Gasteiger partial charge in [-0.2, -0.15) is 0 Å². The fraction of sp³-hybridized carbons (Fsp3) is 0.375. The van der Waals surface area contributed by atoms with Gasteiger partial charge in [-0.15, -0.1) is 0 Å². The Morgan fingerprint density at radius 3 is 2.50 bits per heavy atom. The third-order valence-corrected chi connectivity index (χ3v) is 6.21. The standard InChI is InChI=1S/C24H27N3O3/c28-19-7-9-26(10-8-19)18-6-5-17-15-22(25-24(29)21(17)16-18)20-3-1-2-4-23(20)27-11-13-30-14-12-27/h1-6,15-16,19,28H,7-14H2,(H,25,29). The number of para-hydroxylation sites is 1. The van der Waals surface area contributed by atoms with Crippen molar-refractivity contribution in [1.82, 2.24) is 4.98 Å². The molecule has 30 heavy (non-hydrogen) atoms. The van der Waals surface area contributed by atoms with Crippen LogP contribution in [0.4, 0.5) is 11.4 Å². The summed E-state index contributed by atoms with van der Waals surface area (Å²) in [6.07, 6.45) is 1.33. The van der Waals surface area contributed by atoms with E-state index in [0.29, 0.717) is 5.39 Å². The minimum atomic E-state index is -0.209. The lowest BCUT2D eigenvalue weighted by Gasteiger charge is -2.31. The minimum Gasteiger partial charge on any atom is -0.393 e. The van der Waals surface area contributed by atoms with Gasteiger partial charge in [-0.3, -0.25) is 4.79 Å². The molecule has 2 aliphatic heterocycles. The molecule has 6 nitrogen and oxygen atoms in total. The number of aromatic nitrogens is 1. The molecule has 0 spiro atoms. The number of piperidine rings is 1. The summed E-state index contributed by atoms with van der Waals surface area (Å²) >= 11 is 0. The zero-order chi connectivity index (χ0) is 20.5. The zero-order valence-electron chi connectivity index (χ0n) is 17.0. The summed E-state index contributed by atoms with van der Waals surface area (Å²) in [7, 11) is 0. The summed E-state index contributed by atoms with van der Waals surface area (Å²) < 4.78 is 5.49. The summed E-state index contributed by atoms with van der Waals surface area (Å²) in [6.45, 7) is 4.77. The Kier molecular flexibility index (Phi) is 5.19. The Labute approximate surface area is 175 Å². The maximum Gasteiger partial charge on any atom is 0.256 e. The molecule has 6 heteroatoms. The Hall–Kier alpha value is -2.83. The molecular weight excluding hydrogens is 378 g/mol. The number of morpholine rings is 1. The van der Waals surface area contributed by atoms with E-state index in [-0.39, 0.29) is 11.7 Å². The first kappa shape index (κ1) is 19.2. The number of pyridine rings is 1. The van der Waals surface area contributed by atoms with Gasteiger partial charge in [0.25, 0.3) is 5.56 Å². The predicted molar refractivity (Wildman–Crippen MR) is 120 cm³/mol. The van der Waals surface area contributed by atoms with Crippen molar-refractivity contribution in [2.75, 3.05) is 49.2 Å². The first-order valence-corrected chi connectivity index (χ1v) is 10.7. The van der Waals surface area contributed by atoms with Crippen molar-refractivity contribution in [3.63, 3.8) is 0 Å². The minimum absolute atomic E-state index is 0.0711. The summed E-state index contributed by atoms with van der Waals surface area (Å²) in [5.41, 5.74) is 3.97. The topological polar surface area (TPSA) is 68.8 Å². The largest absolute Gasteiger partial charge is 0.393 e. The van der Waals surface area contributed by atoms with Gasteiger partial charge in [0.05, 0.1) is 25.0 Å². The average molecular weight is 405 g/mol. The monoisotopic (exact) mass is 405 g/mol. The molecule has 0 saturated carbocycles. The molecule has 3 aromatic rings. The summed E-state index contributed by atoms with van der Waals surface area (Å²) in [5.74, 6) is 0. The van der Waals surface area contributed by atoms with Crippen molar-refractivity contribution in [3.8, 4) is 11.3 Å². The molecule has 2 N–H and O–H groups in total. The molecule has 0 radical (unpaired) electrons. The van der Waals surface area contributed by atoms with Crippen LogP contribution in [0.15, 0.2) is 53.3 Å². The summed E-state index contributed by atoms with van der Waals surface area (Å²) in [6, 6.07) is 16.4. The van der Waals surface area contributed by atoms with Gasteiger partial charge in [-0.05, 0) is 42.5 Å². The van der Waals surface area contributed by atoms with E-state index in [0.717, 1.165) is 80.3 Å². The van der Waals surface area contributed by atoms with Gasteiger partial charge >= 0.3 is 0 Å². The number of H-pyrrole nitrogens is 1. The highest BCUT2D eigenvalue weighted by atomic mass is 16.5. The van der Waals surface area contributed by atoms with Crippen LogP contribution in [0.2, 0.25) is 0 Å². The molecule has 5 rings (SSSR count).